The second-order valence-corrected chi connectivity index (χ2v) is 6.42. The first-order valence-corrected chi connectivity index (χ1v) is 9.20. The molecule has 1 amide bonds. The Hall–Kier alpha value is -3.30. The largest absolute Gasteiger partial charge is 0.484 e. The van der Waals surface area contributed by atoms with Crippen LogP contribution in [0.3, 0.4) is 0 Å². The predicted octanol–water partition coefficient (Wildman–Crippen LogP) is 3.02. The number of benzene rings is 1. The molecule has 10 heteroatoms. The van der Waals surface area contributed by atoms with Crippen molar-refractivity contribution in [3.05, 3.63) is 53.7 Å². The van der Waals surface area contributed by atoms with E-state index in [0.29, 0.717) is 24.9 Å². The van der Waals surface area contributed by atoms with E-state index < -0.39 is 12.8 Å². The molecule has 3 N–H and O–H groups in total. The molecule has 30 heavy (non-hydrogen) atoms. The van der Waals surface area contributed by atoms with Crippen LogP contribution < -0.4 is 20.7 Å². The highest BCUT2D eigenvalue weighted by molar-refractivity contribution is 5.90. The zero-order valence-electron chi connectivity index (χ0n) is 16.7. The third-order valence-electron chi connectivity index (χ3n) is 3.83. The number of aryl methyl sites for hydroxylation is 1. The second kappa shape index (κ2) is 11.0. The first kappa shape index (κ1) is 23.0. The van der Waals surface area contributed by atoms with Crippen LogP contribution in [-0.4, -0.2) is 43.2 Å². The Morgan fingerprint density at radius 3 is 2.47 bits per heavy atom. The lowest BCUT2D eigenvalue weighted by atomic mass is 10.2. The number of hydrogen-bond donors (Lipinski definition) is 3. The summed E-state index contributed by atoms with van der Waals surface area (Å²) in [6.07, 6.45) is -2.47. The van der Waals surface area contributed by atoms with Gasteiger partial charge in [-0.3, -0.25) is 9.79 Å². The minimum absolute atomic E-state index is 0.146. The summed E-state index contributed by atoms with van der Waals surface area (Å²) in [5, 5.41) is 8.80. The van der Waals surface area contributed by atoms with Crippen LogP contribution in [0.25, 0.3) is 0 Å². The van der Waals surface area contributed by atoms with Gasteiger partial charge in [-0.05, 0) is 36.2 Å². The van der Waals surface area contributed by atoms with Gasteiger partial charge in [-0.1, -0.05) is 18.2 Å². The molecular weight excluding hydrogens is 399 g/mol. The van der Waals surface area contributed by atoms with Crippen molar-refractivity contribution in [3.63, 3.8) is 0 Å². The summed E-state index contributed by atoms with van der Waals surface area (Å²) in [6, 6.07) is 9.87. The molecule has 0 spiro atoms. The van der Waals surface area contributed by atoms with Gasteiger partial charge < -0.3 is 20.7 Å². The zero-order valence-corrected chi connectivity index (χ0v) is 16.7. The smallest absolute Gasteiger partial charge is 0.422 e. The quantitative estimate of drug-likeness (QED) is 0.449. The van der Waals surface area contributed by atoms with Crippen LogP contribution in [0.4, 0.5) is 19.0 Å². The van der Waals surface area contributed by atoms with E-state index in [1.54, 1.807) is 31.4 Å². The number of ether oxygens (including phenoxy) is 1. The normalized spacial score (nSPS) is 11.7. The number of halogens is 3. The number of anilines is 1. The van der Waals surface area contributed by atoms with E-state index in [0.717, 1.165) is 11.1 Å². The van der Waals surface area contributed by atoms with E-state index in [1.165, 1.54) is 12.1 Å². The maximum Gasteiger partial charge on any atom is 0.422 e. The number of alkyl halides is 3. The molecule has 2 rings (SSSR count). The number of hydrogen-bond acceptors (Lipinski definition) is 4. The van der Waals surface area contributed by atoms with Crippen LogP contribution >= 0.6 is 0 Å². The Morgan fingerprint density at radius 1 is 1.13 bits per heavy atom. The Balaban J connectivity index is 1.70. The molecule has 0 saturated heterocycles. The number of nitrogens with zero attached hydrogens (tertiary/aromatic N) is 2. The molecule has 0 atom stereocenters. The van der Waals surface area contributed by atoms with Crippen molar-refractivity contribution in [1.82, 2.24) is 15.6 Å². The molecule has 0 unspecified atom stereocenters. The van der Waals surface area contributed by atoms with Gasteiger partial charge in [0.15, 0.2) is 12.6 Å². The predicted molar refractivity (Wildman–Crippen MR) is 108 cm³/mol. The summed E-state index contributed by atoms with van der Waals surface area (Å²) >= 11 is 0. The molecule has 0 fully saturated rings. The molecule has 0 aliphatic carbocycles. The topological polar surface area (TPSA) is 87.6 Å². The van der Waals surface area contributed by atoms with Gasteiger partial charge in [0.05, 0.1) is 0 Å². The second-order valence-electron chi connectivity index (χ2n) is 6.42. The van der Waals surface area contributed by atoms with Gasteiger partial charge in [-0.2, -0.15) is 13.2 Å². The van der Waals surface area contributed by atoms with Crippen molar-refractivity contribution in [3.8, 4) is 5.75 Å². The van der Waals surface area contributed by atoms with Crippen LogP contribution in [0.1, 0.15) is 17.5 Å². The number of aromatic nitrogens is 1. The number of aliphatic imine (C=N–C) groups is 1. The fourth-order valence-electron chi connectivity index (χ4n) is 2.32. The summed E-state index contributed by atoms with van der Waals surface area (Å²) in [7, 11) is 1.60. The zero-order chi connectivity index (χ0) is 22.0. The average molecular weight is 423 g/mol. The first-order valence-electron chi connectivity index (χ1n) is 9.20. The van der Waals surface area contributed by atoms with E-state index in [-0.39, 0.29) is 18.1 Å². The molecule has 1 heterocycles. The van der Waals surface area contributed by atoms with Gasteiger partial charge in [-0.15, -0.1) is 0 Å². The summed E-state index contributed by atoms with van der Waals surface area (Å²) in [4.78, 5) is 20.1. The lowest BCUT2D eigenvalue weighted by Gasteiger charge is -2.13. The van der Waals surface area contributed by atoms with Gasteiger partial charge in [0, 0.05) is 32.8 Å². The molecule has 0 bridgehead atoms. The monoisotopic (exact) mass is 423 g/mol. The summed E-state index contributed by atoms with van der Waals surface area (Å²) < 4.78 is 41.2. The minimum atomic E-state index is -4.37. The molecule has 0 aliphatic heterocycles. The standard InChI is InChI=1S/C20H24F3N5O2/c1-14-3-8-17(26-11-14)28-18(29)9-10-25-19(24-2)27-12-15-4-6-16(7-5-15)30-13-20(21,22)23/h3-8,11H,9-10,12-13H2,1-2H3,(H2,24,25,27)(H,26,28,29). The fraction of sp³-hybridized carbons (Fsp3) is 0.350. The van der Waals surface area contributed by atoms with Crippen molar-refractivity contribution in [2.45, 2.75) is 26.1 Å². The lowest BCUT2D eigenvalue weighted by molar-refractivity contribution is -0.153. The summed E-state index contributed by atoms with van der Waals surface area (Å²) in [6.45, 7) is 1.35. The molecule has 0 radical (unpaired) electrons. The van der Waals surface area contributed by atoms with Crippen LogP contribution in [0.5, 0.6) is 5.75 Å². The maximum absolute atomic E-state index is 12.2. The van der Waals surface area contributed by atoms with Crippen molar-refractivity contribution in [2.75, 3.05) is 25.5 Å². The number of carbonyl (C=O) groups is 1. The van der Waals surface area contributed by atoms with Crippen LogP contribution in [0.15, 0.2) is 47.6 Å². The molecule has 2 aromatic rings. The number of pyridine rings is 1. The highest BCUT2D eigenvalue weighted by atomic mass is 19.4. The highest BCUT2D eigenvalue weighted by Crippen LogP contribution is 2.18. The third kappa shape index (κ3) is 8.80. The molecule has 1 aromatic carbocycles. The van der Waals surface area contributed by atoms with Gasteiger partial charge in [0.2, 0.25) is 5.91 Å². The number of rotatable bonds is 8. The van der Waals surface area contributed by atoms with E-state index >= 15 is 0 Å². The van der Waals surface area contributed by atoms with Crippen molar-refractivity contribution < 1.29 is 22.7 Å². The molecule has 1 aromatic heterocycles. The Morgan fingerprint density at radius 2 is 1.87 bits per heavy atom. The molecular formula is C20H24F3N5O2. The van der Waals surface area contributed by atoms with Crippen LogP contribution in [-0.2, 0) is 11.3 Å². The Kier molecular flexibility index (Phi) is 8.45. The number of carbonyl (C=O) groups excluding carboxylic acids is 1. The van der Waals surface area contributed by atoms with E-state index in [4.69, 9.17) is 0 Å². The van der Waals surface area contributed by atoms with E-state index in [1.807, 2.05) is 13.0 Å². The number of amides is 1. The van der Waals surface area contributed by atoms with Crippen molar-refractivity contribution in [2.24, 2.45) is 4.99 Å². The van der Waals surface area contributed by atoms with Gasteiger partial charge in [0.1, 0.15) is 11.6 Å². The lowest BCUT2D eigenvalue weighted by Crippen LogP contribution is -2.38. The van der Waals surface area contributed by atoms with E-state index in [9.17, 15) is 18.0 Å². The molecule has 162 valence electrons. The van der Waals surface area contributed by atoms with E-state index in [2.05, 4.69) is 30.7 Å². The third-order valence-corrected chi connectivity index (χ3v) is 3.83. The average Bonchev–Trinajstić information content (AvgIpc) is 2.71. The highest BCUT2D eigenvalue weighted by Gasteiger charge is 2.28. The van der Waals surface area contributed by atoms with Gasteiger partial charge in [-0.25, -0.2) is 4.98 Å². The van der Waals surface area contributed by atoms with Crippen LogP contribution in [0, 0.1) is 6.92 Å². The maximum atomic E-state index is 12.2. The van der Waals surface area contributed by atoms with Crippen LogP contribution in [0.2, 0.25) is 0 Å². The SMILES string of the molecule is CN=C(NCCC(=O)Nc1ccc(C)cn1)NCc1ccc(OCC(F)(F)F)cc1. The van der Waals surface area contributed by atoms with Gasteiger partial charge >= 0.3 is 6.18 Å². The van der Waals surface area contributed by atoms with Gasteiger partial charge in [0.25, 0.3) is 0 Å². The summed E-state index contributed by atoms with van der Waals surface area (Å²) in [5.41, 5.74) is 1.84. The Bertz CT molecular complexity index is 837. The number of nitrogens with one attached hydrogen (secondary N) is 3. The summed E-state index contributed by atoms with van der Waals surface area (Å²) in [5.74, 6) is 0.959. The Labute approximate surface area is 172 Å². The molecule has 0 saturated carbocycles. The van der Waals surface area contributed by atoms with Crippen molar-refractivity contribution in [1.29, 1.82) is 0 Å². The molecule has 7 nitrogen and oxygen atoms in total. The fourth-order valence-corrected chi connectivity index (χ4v) is 2.32. The van der Waals surface area contributed by atoms with Crippen molar-refractivity contribution >= 4 is 17.7 Å². The number of guanidine groups is 1. The minimum Gasteiger partial charge on any atom is -0.484 e. The molecule has 0 aliphatic rings. The first-order chi connectivity index (χ1) is 14.2.